The van der Waals surface area contributed by atoms with Gasteiger partial charge in [0, 0.05) is 5.92 Å². The highest BCUT2D eigenvalue weighted by Gasteiger charge is 2.39. The first-order valence-electron chi connectivity index (χ1n) is 5.47. The Balaban J connectivity index is 2.64. The first-order valence-corrected chi connectivity index (χ1v) is 5.47. The van der Waals surface area contributed by atoms with Crippen LogP contribution in [-0.2, 0) is 4.79 Å². The van der Waals surface area contributed by atoms with Crippen molar-refractivity contribution in [2.75, 3.05) is 0 Å². The number of hydrogen-bond donors (Lipinski definition) is 1. The highest BCUT2D eigenvalue weighted by atomic mass is 16.1. The molecule has 2 N–H and O–H groups in total. The lowest BCUT2D eigenvalue weighted by Crippen LogP contribution is -2.48. The zero-order chi connectivity index (χ0) is 9.90. The molecule has 1 saturated carbocycles. The predicted octanol–water partition coefficient (Wildman–Crippen LogP) is 2.26. The zero-order valence-electron chi connectivity index (χ0n) is 8.81. The lowest BCUT2D eigenvalue weighted by Gasteiger charge is -2.26. The molecule has 0 atom stereocenters. The van der Waals surface area contributed by atoms with Crippen LogP contribution in [0.2, 0.25) is 0 Å². The zero-order valence-corrected chi connectivity index (χ0v) is 8.81. The summed E-state index contributed by atoms with van der Waals surface area (Å²) in [5.74, 6) is 0.512. The van der Waals surface area contributed by atoms with E-state index in [0.717, 1.165) is 38.5 Å². The summed E-state index contributed by atoms with van der Waals surface area (Å²) in [6.45, 7) is 4.15. The van der Waals surface area contributed by atoms with Crippen molar-refractivity contribution >= 4 is 5.78 Å². The van der Waals surface area contributed by atoms with Gasteiger partial charge in [0.05, 0.1) is 5.54 Å². The van der Waals surface area contributed by atoms with Crippen LogP contribution in [0.3, 0.4) is 0 Å². The Morgan fingerprint density at radius 1 is 1.31 bits per heavy atom. The molecule has 0 spiro atoms. The highest BCUT2D eigenvalue weighted by Crippen LogP contribution is 2.31. The standard InChI is InChI=1S/C11H21NO/c1-3-9(4-2)10(13)11(12)7-5-6-8-11/h9H,3-8,12H2,1-2H3. The van der Waals surface area contributed by atoms with Crippen molar-refractivity contribution in [3.8, 4) is 0 Å². The summed E-state index contributed by atoms with van der Waals surface area (Å²) in [6, 6.07) is 0. The first-order chi connectivity index (χ1) is 6.14. The average molecular weight is 183 g/mol. The summed E-state index contributed by atoms with van der Waals surface area (Å²) < 4.78 is 0. The maximum absolute atomic E-state index is 12.0. The number of rotatable bonds is 4. The Labute approximate surface area is 80.9 Å². The molecule has 0 saturated heterocycles. The minimum atomic E-state index is -0.462. The van der Waals surface area contributed by atoms with Crippen LogP contribution in [0.25, 0.3) is 0 Å². The van der Waals surface area contributed by atoms with Gasteiger partial charge in [-0.05, 0) is 25.7 Å². The van der Waals surface area contributed by atoms with E-state index in [-0.39, 0.29) is 5.92 Å². The van der Waals surface area contributed by atoms with Crippen LogP contribution in [0, 0.1) is 5.92 Å². The largest absolute Gasteiger partial charge is 0.319 e. The van der Waals surface area contributed by atoms with E-state index in [4.69, 9.17) is 5.73 Å². The molecule has 0 aliphatic heterocycles. The Hall–Kier alpha value is -0.370. The number of carbonyl (C=O) groups is 1. The highest BCUT2D eigenvalue weighted by molar-refractivity contribution is 5.90. The van der Waals surface area contributed by atoms with Crippen molar-refractivity contribution in [2.45, 2.75) is 57.9 Å². The fourth-order valence-electron chi connectivity index (χ4n) is 2.32. The summed E-state index contributed by atoms with van der Waals surface area (Å²) >= 11 is 0. The maximum Gasteiger partial charge on any atom is 0.155 e. The number of hydrogen-bond acceptors (Lipinski definition) is 2. The van der Waals surface area contributed by atoms with Crippen LogP contribution in [0.4, 0.5) is 0 Å². The van der Waals surface area contributed by atoms with Crippen LogP contribution in [0.1, 0.15) is 52.4 Å². The Morgan fingerprint density at radius 2 is 1.77 bits per heavy atom. The van der Waals surface area contributed by atoms with Gasteiger partial charge in [0.15, 0.2) is 5.78 Å². The Morgan fingerprint density at radius 3 is 2.15 bits per heavy atom. The van der Waals surface area contributed by atoms with Gasteiger partial charge in [-0.3, -0.25) is 4.79 Å². The molecule has 1 aliphatic rings. The van der Waals surface area contributed by atoms with E-state index in [1.165, 1.54) is 0 Å². The second kappa shape index (κ2) is 4.23. The second-order valence-corrected chi connectivity index (χ2v) is 4.24. The Bertz CT molecular complexity index is 179. The van der Waals surface area contributed by atoms with E-state index in [0.29, 0.717) is 5.78 Å². The smallest absolute Gasteiger partial charge is 0.155 e. The van der Waals surface area contributed by atoms with Gasteiger partial charge < -0.3 is 5.73 Å². The topological polar surface area (TPSA) is 43.1 Å². The molecule has 0 heterocycles. The molecule has 13 heavy (non-hydrogen) atoms. The molecule has 2 heteroatoms. The molecule has 0 radical (unpaired) electrons. The van der Waals surface area contributed by atoms with Crippen LogP contribution in [0.15, 0.2) is 0 Å². The maximum atomic E-state index is 12.0. The normalized spacial score (nSPS) is 20.9. The monoisotopic (exact) mass is 183 g/mol. The number of carbonyl (C=O) groups excluding carboxylic acids is 1. The van der Waals surface area contributed by atoms with E-state index in [9.17, 15) is 4.79 Å². The predicted molar refractivity (Wildman–Crippen MR) is 54.5 cm³/mol. The van der Waals surface area contributed by atoms with Gasteiger partial charge in [0.25, 0.3) is 0 Å². The molecule has 1 fully saturated rings. The molecular formula is C11H21NO. The van der Waals surface area contributed by atoms with Crippen molar-refractivity contribution in [2.24, 2.45) is 11.7 Å². The molecular weight excluding hydrogens is 162 g/mol. The fraction of sp³-hybridized carbons (Fsp3) is 0.909. The molecule has 0 aromatic rings. The minimum absolute atomic E-state index is 0.197. The molecule has 0 aromatic heterocycles. The van der Waals surface area contributed by atoms with E-state index >= 15 is 0 Å². The minimum Gasteiger partial charge on any atom is -0.319 e. The molecule has 76 valence electrons. The van der Waals surface area contributed by atoms with Gasteiger partial charge in [0.1, 0.15) is 0 Å². The van der Waals surface area contributed by atoms with E-state index in [1.54, 1.807) is 0 Å². The van der Waals surface area contributed by atoms with Crippen LogP contribution in [-0.4, -0.2) is 11.3 Å². The molecule has 1 aliphatic carbocycles. The SMILES string of the molecule is CCC(CC)C(=O)C1(N)CCCC1. The van der Waals surface area contributed by atoms with Gasteiger partial charge in [-0.2, -0.15) is 0 Å². The van der Waals surface area contributed by atoms with E-state index in [1.807, 2.05) is 0 Å². The van der Waals surface area contributed by atoms with Crippen molar-refractivity contribution in [3.63, 3.8) is 0 Å². The quantitative estimate of drug-likeness (QED) is 0.726. The van der Waals surface area contributed by atoms with E-state index in [2.05, 4.69) is 13.8 Å². The van der Waals surface area contributed by atoms with Gasteiger partial charge in [0.2, 0.25) is 0 Å². The Kier molecular flexibility index (Phi) is 3.48. The molecule has 0 unspecified atom stereocenters. The third-order valence-electron chi connectivity index (χ3n) is 3.34. The number of Topliss-reactive ketones (excluding diaryl/α,β-unsaturated/α-hetero) is 1. The lowest BCUT2D eigenvalue weighted by atomic mass is 9.83. The van der Waals surface area contributed by atoms with Crippen molar-refractivity contribution in [1.29, 1.82) is 0 Å². The number of nitrogens with two attached hydrogens (primary N) is 1. The molecule has 0 aromatic carbocycles. The summed E-state index contributed by atoms with van der Waals surface area (Å²) in [6.07, 6.45) is 5.94. The lowest BCUT2D eigenvalue weighted by molar-refractivity contribution is -0.128. The summed E-state index contributed by atoms with van der Waals surface area (Å²) in [4.78, 5) is 12.0. The van der Waals surface area contributed by atoms with Gasteiger partial charge in [-0.1, -0.05) is 26.7 Å². The van der Waals surface area contributed by atoms with Crippen molar-refractivity contribution < 1.29 is 4.79 Å². The molecule has 1 rings (SSSR count). The molecule has 0 bridgehead atoms. The van der Waals surface area contributed by atoms with Crippen LogP contribution in [0.5, 0.6) is 0 Å². The first kappa shape index (κ1) is 10.7. The van der Waals surface area contributed by atoms with Gasteiger partial charge >= 0.3 is 0 Å². The second-order valence-electron chi connectivity index (χ2n) is 4.24. The van der Waals surface area contributed by atoms with E-state index < -0.39 is 5.54 Å². The third-order valence-corrected chi connectivity index (χ3v) is 3.34. The molecule has 2 nitrogen and oxygen atoms in total. The van der Waals surface area contributed by atoms with Crippen LogP contribution >= 0.6 is 0 Å². The molecule has 0 amide bonds. The van der Waals surface area contributed by atoms with Gasteiger partial charge in [-0.15, -0.1) is 0 Å². The summed E-state index contributed by atoms with van der Waals surface area (Å²) in [5, 5.41) is 0. The van der Waals surface area contributed by atoms with Crippen LogP contribution < -0.4 is 5.73 Å². The summed E-state index contributed by atoms with van der Waals surface area (Å²) in [7, 11) is 0. The van der Waals surface area contributed by atoms with Crippen molar-refractivity contribution in [3.05, 3.63) is 0 Å². The van der Waals surface area contributed by atoms with Gasteiger partial charge in [-0.25, -0.2) is 0 Å². The fourth-order valence-corrected chi connectivity index (χ4v) is 2.32. The number of ketones is 1. The van der Waals surface area contributed by atoms with Crippen molar-refractivity contribution in [1.82, 2.24) is 0 Å². The average Bonchev–Trinajstić information content (AvgIpc) is 2.55. The summed E-state index contributed by atoms with van der Waals surface area (Å²) in [5.41, 5.74) is 5.64. The third kappa shape index (κ3) is 2.11.